The summed E-state index contributed by atoms with van der Waals surface area (Å²) in [5.74, 6) is 0.639. The highest BCUT2D eigenvalue weighted by molar-refractivity contribution is 9.09. The van der Waals surface area contributed by atoms with Crippen LogP contribution >= 0.6 is 15.9 Å². The van der Waals surface area contributed by atoms with E-state index in [1.807, 2.05) is 0 Å². The van der Waals surface area contributed by atoms with Crippen LogP contribution in [0.3, 0.4) is 0 Å². The van der Waals surface area contributed by atoms with Crippen LogP contribution in [0.2, 0.25) is 0 Å². The minimum absolute atomic E-state index is 0.0115. The number of rotatable bonds is 6. The molecule has 0 N–H and O–H groups in total. The second-order valence-electron chi connectivity index (χ2n) is 4.49. The van der Waals surface area contributed by atoms with E-state index < -0.39 is 4.92 Å². The van der Waals surface area contributed by atoms with Crippen LogP contribution in [0.15, 0.2) is 24.3 Å². The van der Waals surface area contributed by atoms with Gasteiger partial charge in [0.05, 0.1) is 4.92 Å². The first-order valence-electron chi connectivity index (χ1n) is 6.28. The molecule has 0 aromatic heterocycles. The molecule has 1 fully saturated rings. The highest BCUT2D eigenvalue weighted by atomic mass is 79.9. The number of nitro benzene ring substituents is 1. The van der Waals surface area contributed by atoms with E-state index in [0.717, 1.165) is 12.8 Å². The van der Waals surface area contributed by atoms with Crippen LogP contribution in [0, 0.1) is 10.1 Å². The van der Waals surface area contributed by atoms with Crippen LogP contribution in [0.4, 0.5) is 5.69 Å². The molecule has 0 bridgehead atoms. The minimum atomic E-state index is -0.422. The van der Waals surface area contributed by atoms with Gasteiger partial charge in [0.15, 0.2) is 0 Å². The van der Waals surface area contributed by atoms with Gasteiger partial charge in [-0.1, -0.05) is 22.9 Å². The summed E-state index contributed by atoms with van der Waals surface area (Å²) < 4.78 is 11.5. The van der Waals surface area contributed by atoms with Crippen molar-refractivity contribution in [3.05, 3.63) is 34.4 Å². The van der Waals surface area contributed by atoms with Crippen molar-refractivity contribution >= 4 is 21.6 Å². The van der Waals surface area contributed by atoms with Crippen LogP contribution < -0.4 is 4.74 Å². The predicted molar refractivity (Wildman–Crippen MR) is 74.9 cm³/mol. The monoisotopic (exact) mass is 329 g/mol. The molecule has 1 aromatic rings. The van der Waals surface area contributed by atoms with Crippen molar-refractivity contribution in [3.63, 3.8) is 0 Å². The maximum absolute atomic E-state index is 10.6. The molecule has 19 heavy (non-hydrogen) atoms. The summed E-state index contributed by atoms with van der Waals surface area (Å²) in [6.07, 6.45) is 1.92. The quantitative estimate of drug-likeness (QED) is 0.456. The first-order valence-corrected chi connectivity index (χ1v) is 7.20. The molecule has 0 saturated heterocycles. The molecule has 5 nitrogen and oxygen atoms in total. The van der Waals surface area contributed by atoms with Crippen LogP contribution in [-0.4, -0.2) is 28.6 Å². The van der Waals surface area contributed by atoms with E-state index in [2.05, 4.69) is 22.9 Å². The fourth-order valence-electron chi connectivity index (χ4n) is 1.93. The Bertz CT molecular complexity index is 437. The molecule has 1 aromatic carbocycles. The van der Waals surface area contributed by atoms with Gasteiger partial charge in [0.1, 0.15) is 18.0 Å². The lowest BCUT2D eigenvalue weighted by Gasteiger charge is -2.40. The van der Waals surface area contributed by atoms with Crippen molar-refractivity contribution in [3.8, 4) is 5.75 Å². The van der Waals surface area contributed by atoms with Gasteiger partial charge >= 0.3 is 0 Å². The summed E-state index contributed by atoms with van der Waals surface area (Å²) in [6.45, 7) is 2.78. The van der Waals surface area contributed by atoms with Crippen LogP contribution in [0.5, 0.6) is 5.75 Å². The molecule has 0 spiro atoms. The van der Waals surface area contributed by atoms with Crippen LogP contribution in [-0.2, 0) is 4.74 Å². The van der Waals surface area contributed by atoms with E-state index >= 15 is 0 Å². The summed E-state index contributed by atoms with van der Waals surface area (Å²) in [7, 11) is 0. The Balaban J connectivity index is 1.92. The van der Waals surface area contributed by atoms with E-state index in [9.17, 15) is 10.1 Å². The number of halogens is 1. The largest absolute Gasteiger partial charge is 0.488 e. The molecule has 0 heterocycles. The van der Waals surface area contributed by atoms with Gasteiger partial charge < -0.3 is 9.47 Å². The second-order valence-corrected chi connectivity index (χ2v) is 5.67. The van der Waals surface area contributed by atoms with Gasteiger partial charge in [-0.15, -0.1) is 0 Å². The van der Waals surface area contributed by atoms with Gasteiger partial charge in [-0.05, 0) is 18.6 Å². The van der Waals surface area contributed by atoms with E-state index in [4.69, 9.17) is 9.47 Å². The number of hydrogen-bond donors (Lipinski definition) is 0. The molecule has 104 valence electrons. The van der Waals surface area contributed by atoms with Crippen molar-refractivity contribution < 1.29 is 14.4 Å². The van der Waals surface area contributed by atoms with Crippen LogP contribution in [0.25, 0.3) is 0 Å². The molecule has 0 aliphatic heterocycles. The van der Waals surface area contributed by atoms with Gasteiger partial charge in [0.2, 0.25) is 0 Å². The topological polar surface area (TPSA) is 61.6 Å². The molecular formula is C13H16BrNO4. The number of benzene rings is 1. The third-order valence-corrected chi connectivity index (χ3v) is 3.92. The average molecular weight is 330 g/mol. The first kappa shape index (κ1) is 14.3. The fraction of sp³-hybridized carbons (Fsp3) is 0.538. The first-order chi connectivity index (χ1) is 9.11. The summed E-state index contributed by atoms with van der Waals surface area (Å²) in [4.78, 5) is 10.5. The zero-order chi connectivity index (χ0) is 13.8. The number of non-ortho nitro benzene ring substituents is 1. The van der Waals surface area contributed by atoms with Gasteiger partial charge in [0.25, 0.3) is 5.69 Å². The zero-order valence-corrected chi connectivity index (χ0v) is 12.2. The molecule has 6 heteroatoms. The van der Waals surface area contributed by atoms with Crippen molar-refractivity contribution in [1.29, 1.82) is 0 Å². The van der Waals surface area contributed by atoms with Crippen LogP contribution in [0.1, 0.15) is 19.8 Å². The van der Waals surface area contributed by atoms with E-state index in [0.29, 0.717) is 17.2 Å². The van der Waals surface area contributed by atoms with Gasteiger partial charge in [-0.2, -0.15) is 0 Å². The Morgan fingerprint density at radius 1 is 1.42 bits per heavy atom. The molecule has 1 aliphatic carbocycles. The Kier molecular flexibility index (Phi) is 4.76. The summed E-state index contributed by atoms with van der Waals surface area (Å²) in [6, 6.07) is 6.14. The standard InChI is InChI=1S/C13H16BrNO4/c1-2-7-18-13-11(14)8-12(13)19-10-5-3-9(4-6-10)15(16)17/h3-6,11-13H,2,7-8H2,1H3. The number of ether oxygens (including phenoxy) is 2. The predicted octanol–water partition coefficient (Wildman–Crippen LogP) is 3.30. The van der Waals surface area contributed by atoms with Crippen molar-refractivity contribution in [2.45, 2.75) is 36.8 Å². The number of alkyl halides is 1. The van der Waals surface area contributed by atoms with Gasteiger partial charge in [-0.3, -0.25) is 10.1 Å². The normalized spacial score (nSPS) is 25.7. The smallest absolute Gasteiger partial charge is 0.269 e. The lowest BCUT2D eigenvalue weighted by molar-refractivity contribution is -0.384. The Hall–Kier alpha value is -1.14. The molecule has 3 unspecified atom stereocenters. The van der Waals surface area contributed by atoms with E-state index in [1.54, 1.807) is 12.1 Å². The third-order valence-electron chi connectivity index (χ3n) is 3.03. The molecule has 3 atom stereocenters. The highest BCUT2D eigenvalue weighted by Crippen LogP contribution is 2.34. The lowest BCUT2D eigenvalue weighted by atomic mass is 9.91. The Labute approximate surface area is 120 Å². The fourth-order valence-corrected chi connectivity index (χ4v) is 2.79. The van der Waals surface area contributed by atoms with Crippen molar-refractivity contribution in [1.82, 2.24) is 0 Å². The van der Waals surface area contributed by atoms with Crippen molar-refractivity contribution in [2.24, 2.45) is 0 Å². The van der Waals surface area contributed by atoms with E-state index in [1.165, 1.54) is 12.1 Å². The zero-order valence-electron chi connectivity index (χ0n) is 10.6. The third kappa shape index (κ3) is 3.45. The molecule has 1 saturated carbocycles. The van der Waals surface area contributed by atoms with Crippen molar-refractivity contribution in [2.75, 3.05) is 6.61 Å². The highest BCUT2D eigenvalue weighted by Gasteiger charge is 2.42. The molecule has 0 radical (unpaired) electrons. The molecule has 2 rings (SSSR count). The van der Waals surface area contributed by atoms with Gasteiger partial charge in [-0.25, -0.2) is 0 Å². The average Bonchev–Trinajstić information content (AvgIpc) is 2.39. The number of nitro groups is 1. The molecular weight excluding hydrogens is 314 g/mol. The van der Waals surface area contributed by atoms with E-state index in [-0.39, 0.29) is 17.9 Å². The maximum Gasteiger partial charge on any atom is 0.269 e. The molecule has 1 aliphatic rings. The number of nitrogens with zero attached hydrogens (tertiary/aromatic N) is 1. The minimum Gasteiger partial charge on any atom is -0.488 e. The van der Waals surface area contributed by atoms with Gasteiger partial charge in [0, 0.05) is 30.0 Å². The molecule has 0 amide bonds. The maximum atomic E-state index is 10.6. The summed E-state index contributed by atoms with van der Waals surface area (Å²) in [5.41, 5.74) is 0.0677. The summed E-state index contributed by atoms with van der Waals surface area (Å²) >= 11 is 3.55. The summed E-state index contributed by atoms with van der Waals surface area (Å²) in [5, 5.41) is 10.6. The Morgan fingerprint density at radius 2 is 2.11 bits per heavy atom. The Morgan fingerprint density at radius 3 is 2.63 bits per heavy atom. The second kappa shape index (κ2) is 6.34. The lowest BCUT2D eigenvalue weighted by Crippen LogP contribution is -2.52. The number of hydrogen-bond acceptors (Lipinski definition) is 4. The SMILES string of the molecule is CCCOC1C(Br)CC1Oc1ccc([N+](=O)[O-])cc1.